The maximum Gasteiger partial charge on any atom is 0.406 e. The number of thiazole rings is 1. The van der Waals surface area contributed by atoms with Crippen LogP contribution in [-0.4, -0.2) is 63.7 Å². The molecule has 2 N–H and O–H groups in total. The van der Waals surface area contributed by atoms with Crippen molar-refractivity contribution in [2.45, 2.75) is 31.5 Å². The van der Waals surface area contributed by atoms with Crippen molar-refractivity contribution in [3.8, 4) is 0 Å². The number of hydrogen-bond acceptors (Lipinski definition) is 8. The first kappa shape index (κ1) is 27.6. The molecule has 15 heteroatoms. The molecule has 2 amide bonds. The molecule has 3 aromatic rings. The van der Waals surface area contributed by atoms with Crippen molar-refractivity contribution in [2.75, 3.05) is 20.2 Å². The van der Waals surface area contributed by atoms with Crippen LogP contribution in [0.2, 0.25) is 5.02 Å². The Balaban J connectivity index is 1.63. The number of carbonyl (C=O) groups is 2. The fourth-order valence-corrected chi connectivity index (χ4v) is 5.53. The van der Waals surface area contributed by atoms with E-state index in [2.05, 4.69) is 25.5 Å². The second-order valence-electron chi connectivity index (χ2n) is 8.95. The molecule has 0 radical (unpaired) electrons. The van der Waals surface area contributed by atoms with E-state index in [0.29, 0.717) is 38.8 Å². The van der Waals surface area contributed by atoms with Crippen LogP contribution in [-0.2, 0) is 9.53 Å². The largest absolute Gasteiger partial charge is 0.453 e. The number of halogens is 4. The lowest BCUT2D eigenvalue weighted by Crippen LogP contribution is -2.45. The van der Waals surface area contributed by atoms with E-state index >= 15 is 0 Å². The Labute approximate surface area is 235 Å². The summed E-state index contributed by atoms with van der Waals surface area (Å²) in [6.07, 6.45) is 2.86. The lowest BCUT2D eigenvalue weighted by Gasteiger charge is -2.32. The Morgan fingerprint density at radius 1 is 1.35 bits per heavy atom. The summed E-state index contributed by atoms with van der Waals surface area (Å²) < 4.78 is 46.1. The molecule has 1 aromatic carbocycles. The molecule has 40 heavy (non-hydrogen) atoms. The Morgan fingerprint density at radius 2 is 2.17 bits per heavy atom. The van der Waals surface area contributed by atoms with E-state index in [9.17, 15) is 22.8 Å². The first-order valence-corrected chi connectivity index (χ1v) is 13.4. The number of aliphatic imine (C=N–C) groups is 1. The molecule has 2 aromatic heterocycles. The number of ether oxygens (including phenoxy) is 1. The minimum atomic E-state index is -2.88. The van der Waals surface area contributed by atoms with Gasteiger partial charge in [-0.2, -0.15) is 13.9 Å². The fraction of sp³-hybridized carbons (Fsp3) is 0.320. The number of carbonyl (C=O) groups excluding carboxylic acids is 2. The second-order valence-corrected chi connectivity index (χ2v) is 10.2. The number of aromatic nitrogens is 3. The number of nitrogens with zero attached hydrogens (tertiary/aromatic N) is 5. The second kappa shape index (κ2) is 11.7. The lowest BCUT2D eigenvalue weighted by atomic mass is 9.93. The quantitative estimate of drug-likeness (QED) is 0.401. The van der Waals surface area contributed by atoms with Gasteiger partial charge in [-0.15, -0.1) is 11.3 Å². The van der Waals surface area contributed by atoms with E-state index in [1.807, 2.05) is 0 Å². The number of alkyl halides is 2. The van der Waals surface area contributed by atoms with Gasteiger partial charge in [0.15, 0.2) is 10.8 Å². The smallest absolute Gasteiger partial charge is 0.406 e. The summed E-state index contributed by atoms with van der Waals surface area (Å²) in [5.74, 6) is -0.343. The van der Waals surface area contributed by atoms with Gasteiger partial charge in [-0.25, -0.2) is 18.9 Å². The topological polar surface area (TPSA) is 114 Å². The molecular weight excluding hydrogens is 571 g/mol. The molecule has 2 aliphatic heterocycles. The van der Waals surface area contributed by atoms with Gasteiger partial charge in [0, 0.05) is 52.6 Å². The highest BCUT2D eigenvalue weighted by atomic mass is 35.5. The number of amidine groups is 1. The van der Waals surface area contributed by atoms with Crippen LogP contribution in [0.4, 0.5) is 18.0 Å². The average molecular weight is 594 g/mol. The molecule has 5 rings (SSSR count). The van der Waals surface area contributed by atoms with Crippen LogP contribution < -0.4 is 10.6 Å². The van der Waals surface area contributed by atoms with Crippen molar-refractivity contribution in [3.05, 3.63) is 74.8 Å². The predicted octanol–water partition coefficient (Wildman–Crippen LogP) is 4.38. The summed E-state index contributed by atoms with van der Waals surface area (Å²) in [7, 11) is 1.24. The number of likely N-dealkylation sites (tertiary alicyclic amines) is 1. The van der Waals surface area contributed by atoms with Gasteiger partial charge in [-0.05, 0) is 24.6 Å². The summed E-state index contributed by atoms with van der Waals surface area (Å²) in [4.78, 5) is 35.4. The Kier molecular flexibility index (Phi) is 8.07. The normalized spacial score (nSPS) is 19.2. The van der Waals surface area contributed by atoms with Crippen molar-refractivity contribution in [1.29, 1.82) is 0 Å². The summed E-state index contributed by atoms with van der Waals surface area (Å²) in [5, 5.41) is 12.3. The molecule has 10 nitrogen and oxygen atoms in total. The van der Waals surface area contributed by atoms with Crippen molar-refractivity contribution in [1.82, 2.24) is 30.3 Å². The zero-order valence-electron chi connectivity index (χ0n) is 21.0. The Hall–Kier alpha value is -3.91. The van der Waals surface area contributed by atoms with Gasteiger partial charge in [0.2, 0.25) is 5.91 Å². The highest BCUT2D eigenvalue weighted by Crippen LogP contribution is 2.41. The van der Waals surface area contributed by atoms with E-state index in [1.54, 1.807) is 16.5 Å². The number of amides is 2. The molecule has 0 unspecified atom stereocenters. The molecular formula is C25H23ClF3N7O3S. The van der Waals surface area contributed by atoms with Crippen LogP contribution in [0.15, 0.2) is 52.7 Å². The maximum atomic E-state index is 14.0. The third-order valence-corrected chi connectivity index (χ3v) is 7.66. The standard InChI is InChI=1S/C25H23ClF3N7O3S/c1-39-25(38)31-11-14-3-5-19(37)35(14)12-18-20(17-6-8-36(34-17)24(28)29)21(15-4-2-13(27)10-16(15)26)33-22(32-18)23-30-7-9-40-23/h2,4,6-10,14,21,24H,3,5,11-12H2,1H3,(H,31,38)(H,32,33)/t14-,21-/m0/s1. The zero-order valence-corrected chi connectivity index (χ0v) is 22.6. The van der Waals surface area contributed by atoms with Gasteiger partial charge in [-0.3, -0.25) is 9.79 Å². The molecule has 2 aliphatic rings. The van der Waals surface area contributed by atoms with E-state index in [-0.39, 0.29) is 42.2 Å². The molecule has 210 valence electrons. The number of benzene rings is 1. The molecule has 2 atom stereocenters. The average Bonchev–Trinajstić information content (AvgIpc) is 3.70. The SMILES string of the molecule is COC(=O)NC[C@@H]1CCC(=O)N1CC1=C(c2ccn(C(F)F)n2)[C@H](c2ccc(F)cc2Cl)N=C(c2nccs2)N1. The Morgan fingerprint density at radius 3 is 2.85 bits per heavy atom. The van der Waals surface area contributed by atoms with Crippen LogP contribution in [0.1, 0.15) is 41.7 Å². The van der Waals surface area contributed by atoms with E-state index in [0.717, 1.165) is 12.3 Å². The van der Waals surface area contributed by atoms with Gasteiger partial charge >= 0.3 is 12.6 Å². The van der Waals surface area contributed by atoms with Crippen LogP contribution in [0.3, 0.4) is 0 Å². The number of nitrogens with one attached hydrogen (secondary N) is 2. The first-order chi connectivity index (χ1) is 19.2. The summed E-state index contributed by atoms with van der Waals surface area (Å²) in [6.45, 7) is -2.71. The third kappa shape index (κ3) is 5.68. The first-order valence-electron chi connectivity index (χ1n) is 12.1. The predicted molar refractivity (Wildman–Crippen MR) is 141 cm³/mol. The molecule has 0 bridgehead atoms. The van der Waals surface area contributed by atoms with Gasteiger partial charge in [0.05, 0.1) is 25.4 Å². The fourth-order valence-electron chi connectivity index (χ4n) is 4.67. The molecule has 0 saturated carbocycles. The van der Waals surface area contributed by atoms with Crippen molar-refractivity contribution >= 4 is 46.3 Å². The zero-order chi connectivity index (χ0) is 28.4. The number of rotatable bonds is 8. The van der Waals surface area contributed by atoms with E-state index in [4.69, 9.17) is 16.6 Å². The van der Waals surface area contributed by atoms with Crippen molar-refractivity contribution in [2.24, 2.45) is 4.99 Å². The Bertz CT molecular complexity index is 1480. The highest BCUT2D eigenvalue weighted by Gasteiger charge is 2.36. The van der Waals surface area contributed by atoms with Crippen molar-refractivity contribution in [3.63, 3.8) is 0 Å². The molecule has 0 aliphatic carbocycles. The minimum absolute atomic E-state index is 0.0168. The molecule has 1 saturated heterocycles. The summed E-state index contributed by atoms with van der Waals surface area (Å²) >= 11 is 7.78. The van der Waals surface area contributed by atoms with E-state index < -0.39 is 24.5 Å². The lowest BCUT2D eigenvalue weighted by molar-refractivity contribution is -0.128. The third-order valence-electron chi connectivity index (χ3n) is 6.55. The molecule has 0 spiro atoms. The van der Waals surface area contributed by atoms with Gasteiger partial charge < -0.3 is 20.3 Å². The summed E-state index contributed by atoms with van der Waals surface area (Å²) in [5.41, 5.74) is 1.41. The molecule has 1 fully saturated rings. The van der Waals surface area contributed by atoms with Gasteiger partial charge in [0.25, 0.3) is 0 Å². The van der Waals surface area contributed by atoms with Crippen LogP contribution in [0.5, 0.6) is 0 Å². The number of methoxy groups -OCH3 is 1. The van der Waals surface area contributed by atoms with Gasteiger partial charge in [-0.1, -0.05) is 17.7 Å². The highest BCUT2D eigenvalue weighted by molar-refractivity contribution is 7.11. The summed E-state index contributed by atoms with van der Waals surface area (Å²) in [6, 6.07) is 4.02. The van der Waals surface area contributed by atoms with Crippen LogP contribution in [0.25, 0.3) is 5.57 Å². The monoisotopic (exact) mass is 593 g/mol. The van der Waals surface area contributed by atoms with Crippen molar-refractivity contribution < 1.29 is 27.5 Å². The van der Waals surface area contributed by atoms with E-state index in [1.165, 1.54) is 36.6 Å². The number of alkyl carbamates (subject to hydrolysis) is 1. The maximum absolute atomic E-state index is 14.0. The number of hydrogen-bond donors (Lipinski definition) is 2. The van der Waals surface area contributed by atoms with Gasteiger partial charge in [0.1, 0.15) is 11.9 Å². The minimum Gasteiger partial charge on any atom is -0.453 e. The van der Waals surface area contributed by atoms with Crippen LogP contribution >= 0.6 is 22.9 Å². The molecule has 4 heterocycles. The van der Waals surface area contributed by atoms with Crippen LogP contribution in [0, 0.1) is 5.82 Å².